The maximum atomic E-state index is 12.1. The van der Waals surface area contributed by atoms with Crippen LogP contribution in [0.1, 0.15) is 31.2 Å². The minimum absolute atomic E-state index is 0.00435. The quantitative estimate of drug-likeness (QED) is 0.0235. The summed E-state index contributed by atoms with van der Waals surface area (Å²) in [5, 5.41) is 22.4. The molecule has 0 radical (unpaired) electrons. The van der Waals surface area contributed by atoms with E-state index in [1.165, 1.54) is 25.3 Å². The van der Waals surface area contributed by atoms with Crippen LogP contribution in [0, 0.1) is 20.2 Å². The summed E-state index contributed by atoms with van der Waals surface area (Å²) in [4.78, 5) is 43.2. The number of rotatable bonds is 26. The maximum absolute atomic E-state index is 12.1. The minimum Gasteiger partial charge on any atom is -0.493 e. The number of benzene rings is 2. The van der Waals surface area contributed by atoms with Crippen LogP contribution in [0.5, 0.6) is 17.2 Å². The molecule has 0 heterocycles. The van der Waals surface area contributed by atoms with E-state index in [1.54, 1.807) is 0 Å². The van der Waals surface area contributed by atoms with Gasteiger partial charge in [-0.25, -0.2) is 14.6 Å². The Labute approximate surface area is 270 Å². The molecule has 0 saturated heterocycles. The Hall–Kier alpha value is -3.80. The van der Waals surface area contributed by atoms with Crippen molar-refractivity contribution in [1.29, 1.82) is 0 Å². The second kappa shape index (κ2) is 23.5. The Balaban J connectivity index is 1.61. The minimum atomic E-state index is -1.16. The molecule has 16 nitrogen and oxygen atoms in total. The lowest BCUT2D eigenvalue weighted by molar-refractivity contribution is -0.386. The van der Waals surface area contributed by atoms with E-state index in [9.17, 15) is 25.0 Å². The first-order valence-corrected chi connectivity index (χ1v) is 15.0. The highest BCUT2D eigenvalue weighted by molar-refractivity contribution is 6.17. The standard InChI is InChI=1S/C29H39ClN2O14/c1-38-27-20-23(22-43-29(33)46-25-8-6-24(7-9-25)31(34)35)26(32(36)37)21-28(27)42-17-14-41-16-19-45-44-18-15-40-13-12-39-11-5-3-2-4-10-30/h6-9,20-21H,2-5,10-19,22H2,1H3. The maximum Gasteiger partial charge on any atom is 0.514 e. The van der Waals surface area contributed by atoms with Gasteiger partial charge in [-0.2, -0.15) is 0 Å². The lowest BCUT2D eigenvalue weighted by atomic mass is 10.1. The lowest BCUT2D eigenvalue weighted by Crippen LogP contribution is -2.14. The van der Waals surface area contributed by atoms with Crippen molar-refractivity contribution in [3.05, 3.63) is 62.2 Å². The number of ether oxygens (including phenoxy) is 7. The number of carbonyl (C=O) groups excluding carboxylic acids is 1. The molecule has 0 bridgehead atoms. The highest BCUT2D eigenvalue weighted by atomic mass is 35.5. The third kappa shape index (κ3) is 16.0. The van der Waals surface area contributed by atoms with Gasteiger partial charge in [0.25, 0.3) is 11.4 Å². The normalized spacial score (nSPS) is 10.8. The number of nitro groups is 2. The van der Waals surface area contributed by atoms with Crippen molar-refractivity contribution in [1.82, 2.24) is 0 Å². The van der Waals surface area contributed by atoms with Gasteiger partial charge in [0.1, 0.15) is 32.2 Å². The number of carbonyl (C=O) groups is 1. The summed E-state index contributed by atoms with van der Waals surface area (Å²) in [6.07, 6.45) is 3.12. The van der Waals surface area contributed by atoms with E-state index in [4.69, 9.17) is 54.5 Å². The molecular formula is C29H39ClN2O14. The molecule has 0 unspecified atom stereocenters. The van der Waals surface area contributed by atoms with Crippen molar-refractivity contribution < 1.29 is 57.6 Å². The molecule has 0 saturated carbocycles. The van der Waals surface area contributed by atoms with E-state index in [0.29, 0.717) is 32.3 Å². The molecule has 0 N–H and O–H groups in total. The van der Waals surface area contributed by atoms with E-state index < -0.39 is 22.6 Å². The van der Waals surface area contributed by atoms with Gasteiger partial charge in [0.2, 0.25) is 0 Å². The molecule has 0 aliphatic carbocycles. The van der Waals surface area contributed by atoms with Crippen LogP contribution < -0.4 is 14.2 Å². The highest BCUT2D eigenvalue weighted by Crippen LogP contribution is 2.35. The van der Waals surface area contributed by atoms with Gasteiger partial charge in [-0.1, -0.05) is 12.8 Å². The van der Waals surface area contributed by atoms with Crippen LogP contribution in [0.3, 0.4) is 0 Å². The Kier molecular flexibility index (Phi) is 19.6. The second-order valence-corrected chi connectivity index (χ2v) is 9.59. The smallest absolute Gasteiger partial charge is 0.493 e. The van der Waals surface area contributed by atoms with Crippen molar-refractivity contribution in [2.24, 2.45) is 0 Å². The predicted molar refractivity (Wildman–Crippen MR) is 163 cm³/mol. The fourth-order valence-corrected chi connectivity index (χ4v) is 3.83. The Bertz CT molecular complexity index is 1190. The van der Waals surface area contributed by atoms with Gasteiger partial charge >= 0.3 is 6.16 Å². The lowest BCUT2D eigenvalue weighted by Gasteiger charge is -2.13. The number of nitro benzene ring substituents is 2. The SMILES string of the molecule is COc1cc(COC(=O)Oc2ccc([N+](=O)[O-])cc2)c([N+](=O)[O-])cc1OCCOCCOOCCOCCOCCCCCCCl. The van der Waals surface area contributed by atoms with Gasteiger partial charge in [0.15, 0.2) is 11.5 Å². The molecule has 0 amide bonds. The summed E-state index contributed by atoms with van der Waals surface area (Å²) in [5.74, 6) is 0.945. The second-order valence-electron chi connectivity index (χ2n) is 9.21. The number of hydrogen-bond donors (Lipinski definition) is 0. The summed E-state index contributed by atoms with van der Waals surface area (Å²) in [6.45, 7) is 2.39. The number of unbranched alkanes of at least 4 members (excludes halogenated alkanes) is 3. The van der Waals surface area contributed by atoms with Crippen LogP contribution in [0.4, 0.5) is 16.2 Å². The third-order valence-electron chi connectivity index (χ3n) is 5.89. The molecule has 256 valence electrons. The molecule has 2 rings (SSSR count). The number of alkyl halides is 1. The molecule has 0 atom stereocenters. The summed E-state index contributed by atoms with van der Waals surface area (Å²) >= 11 is 5.64. The summed E-state index contributed by atoms with van der Waals surface area (Å²) in [5.41, 5.74) is -0.547. The van der Waals surface area contributed by atoms with Gasteiger partial charge in [-0.05, 0) is 31.0 Å². The van der Waals surface area contributed by atoms with Crippen LogP contribution in [0.15, 0.2) is 36.4 Å². The van der Waals surface area contributed by atoms with E-state index in [-0.39, 0.29) is 67.2 Å². The molecular weight excluding hydrogens is 636 g/mol. The fraction of sp³-hybridized carbons (Fsp3) is 0.552. The average Bonchev–Trinajstić information content (AvgIpc) is 3.05. The van der Waals surface area contributed by atoms with Crippen LogP contribution in [0.2, 0.25) is 0 Å². The Morgan fingerprint density at radius 2 is 1.35 bits per heavy atom. The average molecular weight is 675 g/mol. The zero-order chi connectivity index (χ0) is 33.4. The molecule has 17 heteroatoms. The van der Waals surface area contributed by atoms with Gasteiger partial charge in [0, 0.05) is 24.6 Å². The van der Waals surface area contributed by atoms with Gasteiger partial charge in [0.05, 0.1) is 61.6 Å². The topological polar surface area (TPSA) is 186 Å². The third-order valence-corrected chi connectivity index (χ3v) is 6.16. The Morgan fingerprint density at radius 3 is 1.96 bits per heavy atom. The van der Waals surface area contributed by atoms with E-state index in [0.717, 1.165) is 43.9 Å². The highest BCUT2D eigenvalue weighted by Gasteiger charge is 2.22. The molecule has 0 aliphatic heterocycles. The van der Waals surface area contributed by atoms with Crippen molar-refractivity contribution >= 4 is 29.1 Å². The summed E-state index contributed by atoms with van der Waals surface area (Å²) < 4.78 is 37.1. The van der Waals surface area contributed by atoms with Gasteiger partial charge in [-0.15, -0.1) is 11.6 Å². The van der Waals surface area contributed by atoms with Gasteiger partial charge < -0.3 is 33.2 Å². The molecule has 2 aromatic rings. The van der Waals surface area contributed by atoms with Crippen molar-refractivity contribution in [3.8, 4) is 17.2 Å². The zero-order valence-corrected chi connectivity index (χ0v) is 26.3. The number of halogens is 1. The summed E-state index contributed by atoms with van der Waals surface area (Å²) in [6, 6.07) is 7.18. The van der Waals surface area contributed by atoms with E-state index in [1.807, 2.05) is 0 Å². The predicted octanol–water partition coefficient (Wildman–Crippen LogP) is 5.40. The molecule has 2 aromatic carbocycles. The van der Waals surface area contributed by atoms with Crippen molar-refractivity contribution in [2.45, 2.75) is 32.3 Å². The van der Waals surface area contributed by atoms with Crippen molar-refractivity contribution in [2.75, 3.05) is 72.5 Å². The number of methoxy groups -OCH3 is 1. The fourth-order valence-electron chi connectivity index (χ4n) is 3.64. The molecule has 0 aliphatic rings. The van der Waals surface area contributed by atoms with E-state index in [2.05, 4.69) is 0 Å². The monoisotopic (exact) mass is 674 g/mol. The van der Waals surface area contributed by atoms with Crippen LogP contribution in [-0.4, -0.2) is 88.5 Å². The number of hydrogen-bond acceptors (Lipinski definition) is 14. The van der Waals surface area contributed by atoms with Gasteiger partial charge in [-0.3, -0.25) is 20.2 Å². The molecule has 0 spiro atoms. The van der Waals surface area contributed by atoms with Crippen LogP contribution in [0.25, 0.3) is 0 Å². The zero-order valence-electron chi connectivity index (χ0n) is 25.6. The van der Waals surface area contributed by atoms with E-state index >= 15 is 0 Å². The molecule has 0 fully saturated rings. The largest absolute Gasteiger partial charge is 0.514 e. The molecule has 0 aromatic heterocycles. The number of non-ortho nitro benzene ring substituents is 1. The summed E-state index contributed by atoms with van der Waals surface area (Å²) in [7, 11) is 1.35. The first-order chi connectivity index (χ1) is 22.3. The van der Waals surface area contributed by atoms with Crippen molar-refractivity contribution in [3.63, 3.8) is 0 Å². The number of nitrogens with zero attached hydrogens (tertiary/aromatic N) is 2. The van der Waals surface area contributed by atoms with Crippen LogP contribution in [-0.2, 0) is 35.3 Å². The van der Waals surface area contributed by atoms with Crippen LogP contribution >= 0.6 is 11.6 Å². The molecule has 46 heavy (non-hydrogen) atoms. The Morgan fingerprint density at radius 1 is 0.739 bits per heavy atom. The first kappa shape index (κ1) is 38.4. The first-order valence-electron chi connectivity index (χ1n) is 14.5.